The second-order valence-electron chi connectivity index (χ2n) is 7.34. The third-order valence-electron chi connectivity index (χ3n) is 5.56. The zero-order valence-electron chi connectivity index (χ0n) is 17.8. The summed E-state index contributed by atoms with van der Waals surface area (Å²) in [5.41, 5.74) is 3.76. The predicted octanol–water partition coefficient (Wildman–Crippen LogP) is 2.60. The van der Waals surface area contributed by atoms with Crippen molar-refractivity contribution in [2.75, 3.05) is 31.2 Å². The summed E-state index contributed by atoms with van der Waals surface area (Å²) in [6.07, 6.45) is 1.63. The Morgan fingerprint density at radius 3 is 2.67 bits per heavy atom. The number of aromatic amines is 1. The molecule has 0 saturated heterocycles. The van der Waals surface area contributed by atoms with Crippen molar-refractivity contribution in [3.63, 3.8) is 0 Å². The zero-order chi connectivity index (χ0) is 22.0. The number of aryl methyl sites for hydroxylation is 1. The number of aromatic nitrogens is 1. The quantitative estimate of drug-likeness (QED) is 0.369. The van der Waals surface area contributed by atoms with Crippen molar-refractivity contribution in [3.05, 3.63) is 52.1 Å². The maximum absolute atomic E-state index is 13.7. The Labute approximate surface area is 175 Å². The van der Waals surface area contributed by atoms with Crippen LogP contribution in [0.3, 0.4) is 0 Å². The second-order valence-corrected chi connectivity index (χ2v) is 7.34. The molecule has 3 rings (SSSR count). The van der Waals surface area contributed by atoms with Gasteiger partial charge in [-0.1, -0.05) is 13.8 Å². The normalized spacial score (nSPS) is 14.7. The van der Waals surface area contributed by atoms with E-state index in [-0.39, 0.29) is 11.5 Å². The van der Waals surface area contributed by atoms with E-state index >= 15 is 0 Å². The van der Waals surface area contributed by atoms with Crippen LogP contribution in [-0.4, -0.2) is 47.9 Å². The van der Waals surface area contributed by atoms with Gasteiger partial charge in [-0.2, -0.15) is 0 Å². The highest BCUT2D eigenvalue weighted by molar-refractivity contribution is 6.35. The number of nitrogens with one attached hydrogen (secondary N) is 2. The number of hydrazine groups is 1. The molecule has 0 unspecified atom stereocenters. The minimum absolute atomic E-state index is 0.164. The van der Waals surface area contributed by atoms with E-state index in [2.05, 4.69) is 29.0 Å². The van der Waals surface area contributed by atoms with Crippen molar-refractivity contribution in [1.82, 2.24) is 15.2 Å². The summed E-state index contributed by atoms with van der Waals surface area (Å²) in [6.45, 7) is 11.0. The maximum Gasteiger partial charge on any atom is 0.273 e. The van der Waals surface area contributed by atoms with Crippen LogP contribution >= 0.6 is 0 Å². The van der Waals surface area contributed by atoms with Gasteiger partial charge in [0.05, 0.1) is 16.8 Å². The van der Waals surface area contributed by atoms with Gasteiger partial charge in [0.2, 0.25) is 0 Å². The molecule has 2 amide bonds. The highest BCUT2D eigenvalue weighted by Gasteiger charge is 2.31. The van der Waals surface area contributed by atoms with Gasteiger partial charge in [-0.3, -0.25) is 9.59 Å². The fourth-order valence-electron chi connectivity index (χ4n) is 3.79. The number of nitrogens with zero attached hydrogens (tertiary/aromatic N) is 2. The first-order valence-electron chi connectivity index (χ1n) is 10.1. The lowest BCUT2D eigenvalue weighted by molar-refractivity contribution is -0.113. The van der Waals surface area contributed by atoms with Crippen molar-refractivity contribution in [1.29, 1.82) is 0 Å². The Kier molecular flexibility index (Phi) is 6.38. The van der Waals surface area contributed by atoms with E-state index in [1.807, 2.05) is 13.8 Å². The van der Waals surface area contributed by atoms with Crippen LogP contribution < -0.4 is 16.2 Å². The van der Waals surface area contributed by atoms with Crippen LogP contribution in [0.25, 0.3) is 11.6 Å². The third kappa shape index (κ3) is 4.01. The lowest BCUT2D eigenvalue weighted by Gasteiger charge is -2.18. The molecule has 0 radical (unpaired) electrons. The van der Waals surface area contributed by atoms with Crippen LogP contribution in [0.15, 0.2) is 18.2 Å². The van der Waals surface area contributed by atoms with E-state index < -0.39 is 11.7 Å². The Morgan fingerprint density at radius 2 is 2.00 bits per heavy atom. The van der Waals surface area contributed by atoms with Crippen molar-refractivity contribution >= 4 is 29.2 Å². The molecule has 0 spiro atoms. The first-order chi connectivity index (χ1) is 14.3. The minimum Gasteiger partial charge on any atom is -0.358 e. The molecule has 0 aliphatic carbocycles. The number of halogens is 1. The molecule has 0 saturated carbocycles. The number of anilines is 1. The number of benzene rings is 1. The Morgan fingerprint density at radius 1 is 1.30 bits per heavy atom. The van der Waals surface area contributed by atoms with Crippen LogP contribution in [0.4, 0.5) is 10.1 Å². The second kappa shape index (κ2) is 8.81. The topological polar surface area (TPSA) is 94.5 Å². The number of rotatable bonds is 7. The molecule has 0 bridgehead atoms. The number of likely N-dealkylation sites (N-methyl/N-ethyl adjacent to an activating group) is 1. The number of hydrogen-bond acceptors (Lipinski definition) is 4. The molecule has 1 aromatic carbocycles. The van der Waals surface area contributed by atoms with Gasteiger partial charge in [-0.25, -0.2) is 15.2 Å². The highest BCUT2D eigenvalue weighted by Crippen LogP contribution is 2.36. The molecule has 1 aliphatic heterocycles. The first-order valence-corrected chi connectivity index (χ1v) is 10.1. The average molecular weight is 413 g/mol. The Hall–Kier alpha value is -2.97. The van der Waals surface area contributed by atoms with Gasteiger partial charge in [0.25, 0.3) is 11.8 Å². The monoisotopic (exact) mass is 413 g/mol. The summed E-state index contributed by atoms with van der Waals surface area (Å²) in [4.78, 5) is 30.7. The van der Waals surface area contributed by atoms with Gasteiger partial charge >= 0.3 is 0 Å². The molecule has 30 heavy (non-hydrogen) atoms. The van der Waals surface area contributed by atoms with E-state index in [1.165, 1.54) is 18.2 Å². The van der Waals surface area contributed by atoms with Gasteiger partial charge < -0.3 is 15.2 Å². The SMILES string of the molecule is CCN(CC)CCNC(=O)c1c(C)[nH]c(/C=C2\C(=O)N(N)c3ccc(F)cc32)c1C. The lowest BCUT2D eigenvalue weighted by Crippen LogP contribution is -2.35. The van der Waals surface area contributed by atoms with E-state index in [4.69, 9.17) is 5.84 Å². The van der Waals surface area contributed by atoms with Crippen molar-refractivity contribution in [3.8, 4) is 0 Å². The van der Waals surface area contributed by atoms with E-state index in [0.29, 0.717) is 34.7 Å². The zero-order valence-corrected chi connectivity index (χ0v) is 17.8. The number of nitrogens with two attached hydrogens (primary N) is 1. The lowest BCUT2D eigenvalue weighted by atomic mass is 10.0. The number of hydrogen-bond donors (Lipinski definition) is 3. The van der Waals surface area contributed by atoms with Gasteiger partial charge in [0.15, 0.2) is 0 Å². The maximum atomic E-state index is 13.7. The molecule has 160 valence electrons. The van der Waals surface area contributed by atoms with Gasteiger partial charge in [-0.15, -0.1) is 0 Å². The fourth-order valence-corrected chi connectivity index (χ4v) is 3.79. The molecular weight excluding hydrogens is 385 g/mol. The molecular formula is C22H28FN5O2. The fraction of sp³-hybridized carbons (Fsp3) is 0.364. The number of carbonyl (C=O) groups is 2. The van der Waals surface area contributed by atoms with Crippen LogP contribution in [0.2, 0.25) is 0 Å². The number of H-pyrrole nitrogens is 1. The third-order valence-corrected chi connectivity index (χ3v) is 5.56. The van der Waals surface area contributed by atoms with Crippen molar-refractivity contribution < 1.29 is 14.0 Å². The van der Waals surface area contributed by atoms with Crippen LogP contribution in [0, 0.1) is 19.7 Å². The Bertz CT molecular complexity index is 1010. The summed E-state index contributed by atoms with van der Waals surface area (Å²) < 4.78 is 13.7. The van der Waals surface area contributed by atoms with Crippen LogP contribution in [0.1, 0.15) is 46.7 Å². The molecule has 1 aromatic heterocycles. The smallest absolute Gasteiger partial charge is 0.273 e. The molecule has 0 atom stereocenters. The molecule has 2 heterocycles. The van der Waals surface area contributed by atoms with Crippen LogP contribution in [-0.2, 0) is 4.79 Å². The van der Waals surface area contributed by atoms with Gasteiger partial charge in [0, 0.05) is 30.0 Å². The summed E-state index contributed by atoms with van der Waals surface area (Å²) in [5, 5.41) is 3.97. The number of fused-ring (bicyclic) bond motifs is 1. The summed E-state index contributed by atoms with van der Waals surface area (Å²) in [6, 6.07) is 4.03. The van der Waals surface area contributed by atoms with Crippen LogP contribution in [0.5, 0.6) is 0 Å². The summed E-state index contributed by atoms with van der Waals surface area (Å²) in [5.74, 6) is 4.81. The first kappa shape index (κ1) is 21.7. The van der Waals surface area contributed by atoms with Crippen molar-refractivity contribution in [2.45, 2.75) is 27.7 Å². The highest BCUT2D eigenvalue weighted by atomic mass is 19.1. The average Bonchev–Trinajstić information content (AvgIpc) is 3.12. The summed E-state index contributed by atoms with van der Waals surface area (Å²) >= 11 is 0. The largest absolute Gasteiger partial charge is 0.358 e. The molecule has 7 nitrogen and oxygen atoms in total. The molecule has 4 N–H and O–H groups in total. The Balaban J connectivity index is 1.87. The van der Waals surface area contributed by atoms with E-state index in [9.17, 15) is 14.0 Å². The molecule has 8 heteroatoms. The standard InChI is InChI=1S/C22H28FN5O2/c1-5-27(6-2)10-9-25-21(29)20-13(3)18(26-14(20)4)12-17-16-11-15(23)7-8-19(16)28(24)22(17)30/h7-8,11-12,26H,5-6,9-10,24H2,1-4H3,(H,25,29)/b17-12-. The molecule has 0 fully saturated rings. The van der Waals surface area contributed by atoms with Crippen molar-refractivity contribution in [2.24, 2.45) is 5.84 Å². The van der Waals surface area contributed by atoms with E-state index in [0.717, 1.165) is 30.2 Å². The minimum atomic E-state index is -0.449. The number of amides is 2. The summed E-state index contributed by atoms with van der Waals surface area (Å²) in [7, 11) is 0. The van der Waals surface area contributed by atoms with E-state index in [1.54, 1.807) is 6.08 Å². The molecule has 2 aromatic rings. The number of carbonyl (C=O) groups excluding carboxylic acids is 2. The predicted molar refractivity (Wildman–Crippen MR) is 116 cm³/mol. The van der Waals surface area contributed by atoms with Gasteiger partial charge in [-0.05, 0) is 56.8 Å². The van der Waals surface area contributed by atoms with Gasteiger partial charge in [0.1, 0.15) is 5.82 Å². The molecule has 1 aliphatic rings.